The van der Waals surface area contributed by atoms with Gasteiger partial charge in [-0.1, -0.05) is 61.4 Å². The van der Waals surface area contributed by atoms with Gasteiger partial charge in [-0.15, -0.1) is 0 Å². The average molecular weight is 970 g/mol. The van der Waals surface area contributed by atoms with Crippen LogP contribution in [0.15, 0.2) is 112 Å². The molecule has 3 aliphatic rings. The Hall–Kier alpha value is -3.60. The lowest BCUT2D eigenvalue weighted by Gasteiger charge is -2.27. The molecule has 10 nitrogen and oxygen atoms in total. The second-order valence-corrected chi connectivity index (χ2v) is 21.1. The largest absolute Gasteiger partial charge is 0.352 e. The van der Waals surface area contributed by atoms with E-state index in [1.807, 2.05) is 54.8 Å². The Morgan fingerprint density at radius 3 is 2.39 bits per heavy atom. The van der Waals surface area contributed by atoms with Crippen LogP contribution in [0, 0.1) is 10.5 Å². The lowest BCUT2D eigenvalue weighted by Crippen LogP contribution is -2.30. The van der Waals surface area contributed by atoms with Gasteiger partial charge in [0.15, 0.2) is 5.71 Å². The molecule has 0 bridgehead atoms. The summed E-state index contributed by atoms with van der Waals surface area (Å²) in [6.07, 6.45) is 12.3. The molecule has 6 rings (SSSR count). The first-order chi connectivity index (χ1) is 27.7. The lowest BCUT2D eigenvalue weighted by atomic mass is 9.81. The van der Waals surface area contributed by atoms with E-state index in [4.69, 9.17) is 11.6 Å². The van der Waals surface area contributed by atoms with E-state index >= 15 is 0 Å². The first-order valence-electron chi connectivity index (χ1n) is 19.8. The van der Waals surface area contributed by atoms with Crippen molar-refractivity contribution >= 4 is 77.4 Å². The molecule has 0 radical (unpaired) electrons. The predicted octanol–water partition coefficient (Wildman–Crippen LogP) is 9.55. The standard InChI is InChI=1S/C45H51ClIN3O7S2/c1-30-15-19-38-36(27-30)44(2,3)40(50(38)25-10-23-48-43(51)33-13-9-14-34(47)28-33)21-16-31-11-8-12-32(42(31)46)17-22-41-45(4,5)37-29-35(59(55,56)57)18-20-39(37)49(41)24-6-7-26-58(52,53)54/h9,13-22,27-29H,6-8,10-12,23-26H2,1-5H3,(H2-,48,51,52,53,54,55,56,57)/p+1/i47-3. The fourth-order valence-corrected chi connectivity index (χ4v) is 10.3. The molecule has 314 valence electrons. The third-order valence-electron chi connectivity index (χ3n) is 11.5. The SMILES string of the molecule is Cc1ccc2c(c1)C(C)(C)/C(=C\C=C1/CCCC(/C=C/C3=[N+](CCCCS(=O)(=O)O)c4ccc(S(=O)(=O)O)cc4C3(C)C)=C1Cl)N2CCCNC(=O)c1cccc([124I])c1. The van der Waals surface area contributed by atoms with Crippen LogP contribution in [0.1, 0.15) is 93.3 Å². The monoisotopic (exact) mass is 969 g/mol. The van der Waals surface area contributed by atoms with Gasteiger partial charge in [-0.3, -0.25) is 13.9 Å². The zero-order valence-corrected chi connectivity index (χ0v) is 38.6. The molecule has 0 unspecified atom stereocenters. The van der Waals surface area contributed by atoms with E-state index in [2.05, 4.69) is 83.9 Å². The molecular weight excluding hydrogens is 918 g/mol. The van der Waals surface area contributed by atoms with Crippen molar-refractivity contribution in [3.63, 3.8) is 0 Å². The summed E-state index contributed by atoms with van der Waals surface area (Å²) in [6, 6.07) is 18.7. The van der Waals surface area contributed by atoms with Gasteiger partial charge in [-0.05, 0) is 135 Å². The number of nitrogens with one attached hydrogen (secondary N) is 1. The van der Waals surface area contributed by atoms with Gasteiger partial charge in [0, 0.05) is 68.2 Å². The minimum atomic E-state index is -4.44. The van der Waals surface area contributed by atoms with Crippen LogP contribution < -0.4 is 10.2 Å². The van der Waals surface area contributed by atoms with Gasteiger partial charge in [-0.2, -0.15) is 21.4 Å². The Morgan fingerprint density at radius 1 is 0.915 bits per heavy atom. The molecule has 0 saturated carbocycles. The summed E-state index contributed by atoms with van der Waals surface area (Å²) in [4.78, 5) is 15.0. The molecule has 3 aromatic rings. The van der Waals surface area contributed by atoms with E-state index in [0.29, 0.717) is 42.2 Å². The molecule has 59 heavy (non-hydrogen) atoms. The van der Waals surface area contributed by atoms with Crippen molar-refractivity contribution < 1.29 is 35.3 Å². The Bertz CT molecular complexity index is 2560. The van der Waals surface area contributed by atoms with Crippen molar-refractivity contribution in [1.29, 1.82) is 0 Å². The molecule has 3 N–H and O–H groups in total. The topological polar surface area (TPSA) is 144 Å². The van der Waals surface area contributed by atoms with Gasteiger partial charge in [0.1, 0.15) is 6.54 Å². The number of aryl methyl sites for hydroxylation is 1. The molecule has 2 aliphatic heterocycles. The highest BCUT2D eigenvalue weighted by Gasteiger charge is 2.45. The maximum Gasteiger partial charge on any atom is 0.294 e. The highest BCUT2D eigenvalue weighted by molar-refractivity contribution is 14.1. The molecular formula is C45H52ClIN3O7S2+. The zero-order valence-electron chi connectivity index (χ0n) is 34.1. The minimum Gasteiger partial charge on any atom is -0.352 e. The number of amides is 1. The van der Waals surface area contributed by atoms with Crippen LogP contribution in [0.3, 0.4) is 0 Å². The van der Waals surface area contributed by atoms with Gasteiger partial charge in [-0.25, -0.2) is 0 Å². The Kier molecular flexibility index (Phi) is 13.5. The summed E-state index contributed by atoms with van der Waals surface area (Å²) in [5, 5.41) is 3.77. The van der Waals surface area contributed by atoms with Crippen molar-refractivity contribution in [2.45, 2.75) is 88.9 Å². The fourth-order valence-electron chi connectivity index (χ4n) is 8.38. The third-order valence-corrected chi connectivity index (χ3v) is 14.3. The summed E-state index contributed by atoms with van der Waals surface area (Å²) in [7, 11) is -8.55. The highest BCUT2D eigenvalue weighted by Crippen LogP contribution is 2.48. The van der Waals surface area contributed by atoms with E-state index in [9.17, 15) is 30.7 Å². The number of allylic oxidation sites excluding steroid dienone is 8. The molecule has 0 spiro atoms. The summed E-state index contributed by atoms with van der Waals surface area (Å²) in [6.45, 7) is 12.2. The molecule has 0 aromatic heterocycles. The number of unbranched alkanes of at least 4 members (excludes halogenated alkanes) is 1. The third kappa shape index (κ3) is 10.1. The van der Waals surface area contributed by atoms with E-state index in [-0.39, 0.29) is 28.4 Å². The number of halogens is 2. The lowest BCUT2D eigenvalue weighted by molar-refractivity contribution is -0.438. The molecule has 0 atom stereocenters. The van der Waals surface area contributed by atoms with Crippen molar-refractivity contribution in [3.8, 4) is 0 Å². The molecule has 3 aromatic carbocycles. The van der Waals surface area contributed by atoms with Crippen molar-refractivity contribution in [1.82, 2.24) is 5.32 Å². The molecule has 2 heterocycles. The fraction of sp³-hybridized carbons (Fsp3) is 0.378. The number of nitrogens with zero attached hydrogens (tertiary/aromatic N) is 2. The average Bonchev–Trinajstić information content (AvgIpc) is 3.50. The van der Waals surface area contributed by atoms with Crippen molar-refractivity contribution in [3.05, 3.63) is 133 Å². The quantitative estimate of drug-likeness (QED) is 0.0628. The molecule has 0 fully saturated rings. The highest BCUT2D eigenvalue weighted by atomic mass is 124. The predicted molar refractivity (Wildman–Crippen MR) is 244 cm³/mol. The van der Waals surface area contributed by atoms with E-state index in [1.54, 1.807) is 6.07 Å². The molecule has 0 saturated heterocycles. The number of carbonyl (C=O) groups is 1. The number of anilines is 1. The number of rotatable bonds is 14. The van der Waals surface area contributed by atoms with Crippen molar-refractivity contribution in [2.75, 3.05) is 30.3 Å². The van der Waals surface area contributed by atoms with Gasteiger partial charge < -0.3 is 10.2 Å². The minimum absolute atomic E-state index is 0.0838. The van der Waals surface area contributed by atoms with E-state index in [0.717, 1.165) is 63.2 Å². The van der Waals surface area contributed by atoms with Crippen LogP contribution >= 0.6 is 34.2 Å². The first kappa shape index (κ1) is 44.9. The smallest absolute Gasteiger partial charge is 0.294 e. The number of carbonyl (C=O) groups excluding carboxylic acids is 1. The second-order valence-electron chi connectivity index (χ2n) is 16.5. The Labute approximate surface area is 367 Å². The Morgan fingerprint density at radius 2 is 1.68 bits per heavy atom. The summed E-state index contributed by atoms with van der Waals surface area (Å²) >= 11 is 9.43. The van der Waals surface area contributed by atoms with Crippen LogP contribution in [0.2, 0.25) is 0 Å². The maximum atomic E-state index is 12.9. The summed E-state index contributed by atoms with van der Waals surface area (Å²) < 4.78 is 69.2. The zero-order chi connectivity index (χ0) is 42.9. The normalized spacial score (nSPS) is 19.0. The maximum absolute atomic E-state index is 12.9. The number of fused-ring (bicyclic) bond motifs is 2. The van der Waals surface area contributed by atoms with Crippen LogP contribution in [-0.4, -0.2) is 67.5 Å². The second kappa shape index (κ2) is 17.8. The molecule has 1 aliphatic carbocycles. The van der Waals surface area contributed by atoms with E-state index < -0.39 is 25.7 Å². The number of hydrogen-bond donors (Lipinski definition) is 3. The summed E-state index contributed by atoms with van der Waals surface area (Å²) in [5.41, 5.74) is 8.79. The van der Waals surface area contributed by atoms with Crippen LogP contribution in [-0.2, 0) is 31.1 Å². The van der Waals surface area contributed by atoms with Gasteiger partial charge in [0.25, 0.3) is 26.1 Å². The number of benzene rings is 3. The van der Waals surface area contributed by atoms with Gasteiger partial charge >= 0.3 is 0 Å². The van der Waals surface area contributed by atoms with Crippen molar-refractivity contribution in [2.24, 2.45) is 0 Å². The van der Waals surface area contributed by atoms with Crippen LogP contribution in [0.5, 0.6) is 0 Å². The van der Waals surface area contributed by atoms with Gasteiger partial charge in [0.2, 0.25) is 5.69 Å². The van der Waals surface area contributed by atoms with Crippen LogP contribution in [0.25, 0.3) is 0 Å². The first-order valence-corrected chi connectivity index (χ1v) is 24.3. The summed E-state index contributed by atoms with van der Waals surface area (Å²) in [5.74, 6) is -0.440. The molecule has 1 amide bonds. The Balaban J connectivity index is 1.28. The van der Waals surface area contributed by atoms with Gasteiger partial charge in [0.05, 0.1) is 16.1 Å². The molecule has 14 heteroatoms. The van der Waals surface area contributed by atoms with Crippen LogP contribution in [0.4, 0.5) is 11.4 Å². The van der Waals surface area contributed by atoms with E-state index in [1.165, 1.54) is 23.3 Å². The number of hydrogen-bond acceptors (Lipinski definition) is 6.